The normalized spacial score (nSPS) is 16.1. The third-order valence-electron chi connectivity index (χ3n) is 4.89. The van der Waals surface area contributed by atoms with E-state index < -0.39 is 62.7 Å². The van der Waals surface area contributed by atoms with E-state index in [1.807, 2.05) is 4.72 Å². The van der Waals surface area contributed by atoms with E-state index in [1.54, 1.807) is 60.7 Å². The number of nitrogens with zero attached hydrogens (tertiary/aromatic N) is 1. The van der Waals surface area contributed by atoms with Crippen LogP contribution in [0.25, 0.3) is 0 Å². The summed E-state index contributed by atoms with van der Waals surface area (Å²) in [6.45, 7) is -0.979. The monoisotopic (exact) mass is 565 g/mol. The number of rotatable bonds is 11. The van der Waals surface area contributed by atoms with E-state index in [1.165, 1.54) is 0 Å². The van der Waals surface area contributed by atoms with Gasteiger partial charge in [-0.05, 0) is 11.1 Å². The Morgan fingerprint density at radius 1 is 0.946 bits per heavy atom. The number of ether oxygens (including phenoxy) is 2. The summed E-state index contributed by atoms with van der Waals surface area (Å²) >= 11 is 0. The van der Waals surface area contributed by atoms with Crippen LogP contribution in [0.4, 0.5) is 4.79 Å². The average molecular weight is 566 g/mol. The molecule has 2 aromatic carbocycles. The van der Waals surface area contributed by atoms with Gasteiger partial charge in [0, 0.05) is 0 Å². The molecule has 3 N–H and O–H groups in total. The first-order chi connectivity index (χ1) is 16.9. The van der Waals surface area contributed by atoms with Crippen molar-refractivity contribution < 1.29 is 45.2 Å². The molecule has 0 spiro atoms. The van der Waals surface area contributed by atoms with Gasteiger partial charge in [-0.2, -0.15) is 8.42 Å². The fraction of sp³-hybridized carbons (Fsp3) is 0.286. The average Bonchev–Trinajstić information content (AvgIpc) is 2.83. The number of β-lactam (4-membered cyclic amide) rings is 1. The van der Waals surface area contributed by atoms with Crippen molar-refractivity contribution in [1.29, 1.82) is 0 Å². The number of alkyl carbamates (subject to hydrolysis) is 1. The van der Waals surface area contributed by atoms with E-state index in [-0.39, 0.29) is 47.1 Å². The molecule has 16 heteroatoms. The third-order valence-corrected chi connectivity index (χ3v) is 7.19. The van der Waals surface area contributed by atoms with Crippen LogP contribution in [0.2, 0.25) is 0 Å². The van der Waals surface area contributed by atoms with Crippen molar-refractivity contribution in [2.24, 2.45) is 0 Å². The third kappa shape index (κ3) is 9.37. The molecule has 2 unspecified atom stereocenters. The van der Waals surface area contributed by atoms with Gasteiger partial charge in [-0.3, -0.25) is 9.35 Å². The first-order valence-electron chi connectivity index (χ1n) is 10.4. The Labute approximate surface area is 235 Å². The van der Waals surface area contributed by atoms with E-state index >= 15 is 0 Å². The molecule has 0 aromatic heterocycles. The van der Waals surface area contributed by atoms with Gasteiger partial charge >= 0.3 is 51.9 Å². The SMILES string of the molecule is O=C(NC(CS(=O)(=O)NC1CN(S(=O)(=O)O)C1=O)C(=O)OCc1ccccc1)OCc1ccccc1.[NaH]. The fourth-order valence-corrected chi connectivity index (χ4v) is 5.14. The molecule has 0 saturated carbocycles. The van der Waals surface area contributed by atoms with Crippen LogP contribution in [0.1, 0.15) is 11.1 Å². The van der Waals surface area contributed by atoms with Crippen LogP contribution in [0.3, 0.4) is 0 Å². The minimum atomic E-state index is -4.82. The first-order valence-corrected chi connectivity index (χ1v) is 13.5. The van der Waals surface area contributed by atoms with Gasteiger partial charge in [0.05, 0.1) is 12.3 Å². The molecule has 2 aromatic rings. The van der Waals surface area contributed by atoms with E-state index in [9.17, 15) is 31.2 Å². The number of nitrogens with one attached hydrogen (secondary N) is 2. The molecule has 196 valence electrons. The van der Waals surface area contributed by atoms with E-state index in [0.717, 1.165) is 0 Å². The molecule has 1 saturated heterocycles. The van der Waals surface area contributed by atoms with Gasteiger partial charge in [0.25, 0.3) is 5.91 Å². The van der Waals surface area contributed by atoms with Gasteiger partial charge < -0.3 is 14.8 Å². The molecule has 2 atom stereocenters. The summed E-state index contributed by atoms with van der Waals surface area (Å²) in [5.74, 6) is -3.31. The summed E-state index contributed by atoms with van der Waals surface area (Å²) in [4.78, 5) is 36.8. The molecule has 1 aliphatic heterocycles. The molecule has 1 aliphatic rings. The van der Waals surface area contributed by atoms with Crippen molar-refractivity contribution in [3.05, 3.63) is 71.8 Å². The van der Waals surface area contributed by atoms with Gasteiger partial charge in [0.15, 0.2) is 0 Å². The number of carbonyl (C=O) groups is 3. The van der Waals surface area contributed by atoms with Crippen molar-refractivity contribution in [2.45, 2.75) is 25.3 Å². The van der Waals surface area contributed by atoms with E-state index in [2.05, 4.69) is 5.32 Å². The summed E-state index contributed by atoms with van der Waals surface area (Å²) in [6.07, 6.45) is -1.09. The number of esters is 1. The van der Waals surface area contributed by atoms with Crippen molar-refractivity contribution in [3.63, 3.8) is 0 Å². The summed E-state index contributed by atoms with van der Waals surface area (Å²) in [7, 11) is -9.25. The Morgan fingerprint density at radius 2 is 1.46 bits per heavy atom. The van der Waals surface area contributed by atoms with Gasteiger partial charge in [-0.1, -0.05) is 60.7 Å². The van der Waals surface area contributed by atoms with Crippen LogP contribution in [-0.4, -0.2) is 97.6 Å². The maximum absolute atomic E-state index is 12.6. The van der Waals surface area contributed by atoms with E-state index in [4.69, 9.17) is 14.0 Å². The van der Waals surface area contributed by atoms with Crippen molar-refractivity contribution in [1.82, 2.24) is 14.3 Å². The van der Waals surface area contributed by atoms with Crippen molar-refractivity contribution in [2.75, 3.05) is 12.3 Å². The maximum atomic E-state index is 12.6. The summed E-state index contributed by atoms with van der Waals surface area (Å²) in [5, 5.41) is 2.15. The van der Waals surface area contributed by atoms with Crippen LogP contribution in [0.5, 0.6) is 0 Å². The molecule has 2 amide bonds. The van der Waals surface area contributed by atoms with Crippen molar-refractivity contribution in [3.8, 4) is 0 Å². The molecule has 1 heterocycles. The fourth-order valence-electron chi connectivity index (χ4n) is 3.08. The molecule has 37 heavy (non-hydrogen) atoms. The molecule has 1 fully saturated rings. The zero-order valence-electron chi connectivity index (χ0n) is 18.6. The first kappa shape index (κ1) is 30.7. The predicted octanol–water partition coefficient (Wildman–Crippen LogP) is -0.691. The molecular weight excluding hydrogens is 541 g/mol. The minimum absolute atomic E-state index is 0. The number of sulfonamides is 1. The molecular formula is C21H24N3NaO10S2. The number of hydrogen-bond acceptors (Lipinski definition) is 9. The zero-order valence-corrected chi connectivity index (χ0v) is 20.3. The molecule has 0 aliphatic carbocycles. The Bertz CT molecular complexity index is 1310. The Morgan fingerprint density at radius 3 is 1.95 bits per heavy atom. The van der Waals surface area contributed by atoms with E-state index in [0.29, 0.717) is 11.1 Å². The second kappa shape index (κ2) is 13.3. The van der Waals surface area contributed by atoms with Crippen LogP contribution >= 0.6 is 0 Å². The molecule has 0 bridgehead atoms. The standard InChI is InChI=1S/C21H23N3O10S2.Na.H/c25-19-17(11-24(19)36(30,31)32)23-35(28,29)14-18(20(26)33-12-15-7-3-1-4-8-15)22-21(27)34-13-16-9-5-2-6-10-16;;/h1-10,17-18,23H,11-14H2,(H,22,27)(H,30,31,32);;. The Hall–Kier alpha value is -2.53. The summed E-state index contributed by atoms with van der Waals surface area (Å²) < 4.78 is 68.4. The summed E-state index contributed by atoms with van der Waals surface area (Å²) in [5.41, 5.74) is 1.26. The second-order valence-corrected chi connectivity index (χ2v) is 10.8. The number of carbonyl (C=O) groups excluding carboxylic acids is 3. The van der Waals surface area contributed by atoms with Crippen molar-refractivity contribution >= 4 is 67.9 Å². The van der Waals surface area contributed by atoms with Gasteiger partial charge in [0.2, 0.25) is 10.0 Å². The quantitative estimate of drug-likeness (QED) is 0.136. The predicted molar refractivity (Wildman–Crippen MR) is 131 cm³/mol. The van der Waals surface area contributed by atoms with Crippen LogP contribution in [-0.2, 0) is 52.6 Å². The topological polar surface area (TPSA) is 185 Å². The second-order valence-electron chi connectivity index (χ2n) is 7.65. The van der Waals surface area contributed by atoms with Crippen LogP contribution < -0.4 is 10.0 Å². The Balaban J connectivity index is 0.00000481. The zero-order chi connectivity index (χ0) is 26.3. The number of amides is 2. The van der Waals surface area contributed by atoms with Gasteiger partial charge in [-0.25, -0.2) is 27.0 Å². The van der Waals surface area contributed by atoms with Gasteiger partial charge in [0.1, 0.15) is 25.3 Å². The van der Waals surface area contributed by atoms with Crippen LogP contribution in [0.15, 0.2) is 60.7 Å². The van der Waals surface area contributed by atoms with Crippen LogP contribution in [0, 0.1) is 0 Å². The molecule has 13 nitrogen and oxygen atoms in total. The Kier molecular flexibility index (Phi) is 11.0. The van der Waals surface area contributed by atoms with Gasteiger partial charge in [-0.15, -0.1) is 0 Å². The number of hydrogen-bond donors (Lipinski definition) is 3. The summed E-state index contributed by atoms with van der Waals surface area (Å²) in [6, 6.07) is 13.9. The molecule has 0 radical (unpaired) electrons. The molecule has 3 rings (SSSR count). The number of benzene rings is 2.